The first-order chi connectivity index (χ1) is 12.1. The molecule has 1 N–H and O–H groups in total. The van der Waals surface area contributed by atoms with Crippen LogP contribution in [0.15, 0.2) is 47.8 Å². The van der Waals surface area contributed by atoms with Crippen molar-refractivity contribution in [3.05, 3.63) is 59.8 Å². The van der Waals surface area contributed by atoms with Crippen molar-refractivity contribution in [3.8, 4) is 0 Å². The van der Waals surface area contributed by atoms with Crippen LogP contribution in [0.3, 0.4) is 0 Å². The van der Waals surface area contributed by atoms with E-state index < -0.39 is 0 Å². The molecule has 0 atom stereocenters. The minimum absolute atomic E-state index is 0.799. The summed E-state index contributed by atoms with van der Waals surface area (Å²) in [6, 6.07) is 8.32. The number of aromatic nitrogens is 3. The number of aryl methyl sites for hydroxylation is 2. The van der Waals surface area contributed by atoms with Crippen molar-refractivity contribution >= 4 is 11.6 Å². The summed E-state index contributed by atoms with van der Waals surface area (Å²) in [5, 5.41) is 3.43. The predicted octanol–water partition coefficient (Wildman–Crippen LogP) is 2.23. The zero-order chi connectivity index (χ0) is 17.8. The van der Waals surface area contributed by atoms with Crippen LogP contribution >= 0.6 is 0 Å². The Labute approximate surface area is 148 Å². The molecule has 3 aromatic rings. The Bertz CT molecular complexity index is 873. The SMILES string of the molecule is CN=C(NCCc1cn2cccc(C)c2n1)N(C)Cc1cccn1C. The van der Waals surface area contributed by atoms with Gasteiger partial charge in [0.2, 0.25) is 0 Å². The Balaban J connectivity index is 1.57. The zero-order valence-corrected chi connectivity index (χ0v) is 15.4. The number of fused-ring (bicyclic) bond motifs is 1. The van der Waals surface area contributed by atoms with Gasteiger partial charge >= 0.3 is 0 Å². The van der Waals surface area contributed by atoms with E-state index >= 15 is 0 Å². The molecule has 0 aromatic carbocycles. The first kappa shape index (κ1) is 17.1. The van der Waals surface area contributed by atoms with Gasteiger partial charge in [-0.15, -0.1) is 0 Å². The van der Waals surface area contributed by atoms with E-state index in [9.17, 15) is 0 Å². The monoisotopic (exact) mass is 338 g/mol. The lowest BCUT2D eigenvalue weighted by Crippen LogP contribution is -2.39. The normalized spacial score (nSPS) is 11.9. The molecule has 0 fully saturated rings. The van der Waals surface area contributed by atoms with Crippen molar-refractivity contribution in [2.24, 2.45) is 12.0 Å². The fourth-order valence-corrected chi connectivity index (χ4v) is 2.99. The summed E-state index contributed by atoms with van der Waals surface area (Å²) in [4.78, 5) is 11.2. The molecule has 0 saturated carbocycles. The molecule has 0 bridgehead atoms. The number of rotatable bonds is 5. The van der Waals surface area contributed by atoms with E-state index in [2.05, 4.69) is 75.8 Å². The van der Waals surface area contributed by atoms with Crippen LogP contribution in [-0.4, -0.2) is 45.5 Å². The van der Waals surface area contributed by atoms with E-state index in [1.54, 1.807) is 0 Å². The molecule has 6 nitrogen and oxygen atoms in total. The molecule has 0 saturated heterocycles. The van der Waals surface area contributed by atoms with Gasteiger partial charge in [-0.25, -0.2) is 4.98 Å². The maximum absolute atomic E-state index is 4.72. The molecule has 25 heavy (non-hydrogen) atoms. The van der Waals surface area contributed by atoms with Crippen LogP contribution in [0.4, 0.5) is 0 Å². The molecule has 3 rings (SSSR count). The average Bonchev–Trinajstić information content (AvgIpc) is 3.19. The molecule has 0 unspecified atom stereocenters. The number of nitrogens with one attached hydrogen (secondary N) is 1. The Hall–Kier alpha value is -2.76. The van der Waals surface area contributed by atoms with Gasteiger partial charge in [-0.1, -0.05) is 6.07 Å². The fourth-order valence-electron chi connectivity index (χ4n) is 2.99. The average molecular weight is 338 g/mol. The fraction of sp³-hybridized carbons (Fsp3) is 0.368. The van der Waals surface area contributed by atoms with Crippen molar-refractivity contribution in [1.82, 2.24) is 24.2 Å². The third kappa shape index (κ3) is 3.84. The minimum atomic E-state index is 0.799. The summed E-state index contributed by atoms with van der Waals surface area (Å²) in [6.45, 7) is 3.70. The van der Waals surface area contributed by atoms with Gasteiger partial charge in [0.05, 0.1) is 12.2 Å². The van der Waals surface area contributed by atoms with Crippen LogP contribution in [0.25, 0.3) is 5.65 Å². The highest BCUT2D eigenvalue weighted by Gasteiger charge is 2.09. The Morgan fingerprint density at radius 2 is 2.08 bits per heavy atom. The van der Waals surface area contributed by atoms with Gasteiger partial charge in [0.25, 0.3) is 0 Å². The smallest absolute Gasteiger partial charge is 0.193 e. The van der Waals surface area contributed by atoms with E-state index in [1.165, 1.54) is 11.3 Å². The van der Waals surface area contributed by atoms with Gasteiger partial charge < -0.3 is 19.2 Å². The van der Waals surface area contributed by atoms with Gasteiger partial charge in [0, 0.05) is 58.4 Å². The lowest BCUT2D eigenvalue weighted by atomic mass is 10.3. The molecule has 0 spiro atoms. The van der Waals surface area contributed by atoms with Crippen molar-refractivity contribution in [3.63, 3.8) is 0 Å². The first-order valence-electron chi connectivity index (χ1n) is 8.53. The summed E-state index contributed by atoms with van der Waals surface area (Å²) >= 11 is 0. The molecular weight excluding hydrogens is 312 g/mol. The number of aliphatic imine (C=N–C) groups is 1. The first-order valence-corrected chi connectivity index (χ1v) is 8.53. The number of pyridine rings is 1. The van der Waals surface area contributed by atoms with Crippen molar-refractivity contribution in [2.75, 3.05) is 20.6 Å². The highest BCUT2D eigenvalue weighted by Crippen LogP contribution is 2.10. The summed E-state index contributed by atoms with van der Waals surface area (Å²) in [6.07, 6.45) is 7.06. The Kier molecular flexibility index (Phi) is 5.07. The van der Waals surface area contributed by atoms with Crippen LogP contribution in [0, 0.1) is 6.92 Å². The second-order valence-electron chi connectivity index (χ2n) is 6.34. The number of hydrogen-bond donors (Lipinski definition) is 1. The lowest BCUT2D eigenvalue weighted by Gasteiger charge is -2.22. The van der Waals surface area contributed by atoms with Crippen LogP contribution < -0.4 is 5.32 Å². The van der Waals surface area contributed by atoms with E-state index in [-0.39, 0.29) is 0 Å². The molecule has 0 radical (unpaired) electrons. The summed E-state index contributed by atoms with van der Waals surface area (Å²) in [7, 11) is 5.93. The molecular formula is C19H26N6. The summed E-state index contributed by atoms with van der Waals surface area (Å²) in [5.41, 5.74) is 4.56. The molecule has 6 heteroatoms. The van der Waals surface area contributed by atoms with Gasteiger partial charge in [-0.3, -0.25) is 4.99 Å². The number of hydrogen-bond acceptors (Lipinski definition) is 2. The highest BCUT2D eigenvalue weighted by molar-refractivity contribution is 5.79. The predicted molar refractivity (Wildman–Crippen MR) is 102 cm³/mol. The molecule has 0 aliphatic carbocycles. The van der Waals surface area contributed by atoms with Crippen molar-refractivity contribution in [1.29, 1.82) is 0 Å². The van der Waals surface area contributed by atoms with Gasteiger partial charge in [-0.05, 0) is 30.7 Å². The van der Waals surface area contributed by atoms with E-state index in [0.717, 1.165) is 36.8 Å². The molecule has 0 aliphatic heterocycles. The van der Waals surface area contributed by atoms with Crippen LogP contribution in [-0.2, 0) is 20.0 Å². The largest absolute Gasteiger partial charge is 0.356 e. The molecule has 3 heterocycles. The maximum atomic E-state index is 4.72. The third-order valence-electron chi connectivity index (χ3n) is 4.42. The molecule has 0 aliphatic rings. The number of imidazole rings is 1. The molecule has 0 amide bonds. The number of guanidine groups is 1. The standard InChI is InChI=1S/C19H26N6/c1-15-7-5-12-25-13-16(22-18(15)25)9-10-21-19(20-2)24(4)14-17-8-6-11-23(17)3/h5-8,11-13H,9-10,14H2,1-4H3,(H,20,21). The van der Waals surface area contributed by atoms with Crippen LogP contribution in [0.2, 0.25) is 0 Å². The van der Waals surface area contributed by atoms with E-state index in [0.29, 0.717) is 0 Å². The van der Waals surface area contributed by atoms with Gasteiger partial charge in [0.1, 0.15) is 5.65 Å². The lowest BCUT2D eigenvalue weighted by molar-refractivity contribution is 0.462. The van der Waals surface area contributed by atoms with E-state index in [1.807, 2.05) is 19.3 Å². The Morgan fingerprint density at radius 1 is 1.28 bits per heavy atom. The third-order valence-corrected chi connectivity index (χ3v) is 4.42. The molecule has 132 valence electrons. The van der Waals surface area contributed by atoms with Gasteiger partial charge in [0.15, 0.2) is 5.96 Å². The topological polar surface area (TPSA) is 49.9 Å². The highest BCUT2D eigenvalue weighted by atomic mass is 15.3. The Morgan fingerprint density at radius 3 is 2.76 bits per heavy atom. The van der Waals surface area contributed by atoms with Crippen molar-refractivity contribution in [2.45, 2.75) is 19.9 Å². The quantitative estimate of drug-likeness (QED) is 0.573. The summed E-state index contributed by atoms with van der Waals surface area (Å²) in [5.74, 6) is 0.890. The molecule has 3 aromatic heterocycles. The second-order valence-corrected chi connectivity index (χ2v) is 6.34. The zero-order valence-electron chi connectivity index (χ0n) is 15.4. The maximum Gasteiger partial charge on any atom is 0.193 e. The minimum Gasteiger partial charge on any atom is -0.356 e. The van der Waals surface area contributed by atoms with E-state index in [4.69, 9.17) is 4.98 Å². The second kappa shape index (κ2) is 7.42. The van der Waals surface area contributed by atoms with Gasteiger partial charge in [-0.2, -0.15) is 0 Å². The summed E-state index contributed by atoms with van der Waals surface area (Å²) < 4.78 is 4.21. The van der Waals surface area contributed by atoms with Crippen LogP contribution in [0.1, 0.15) is 17.0 Å². The van der Waals surface area contributed by atoms with Crippen LogP contribution in [0.5, 0.6) is 0 Å². The number of nitrogens with zero attached hydrogens (tertiary/aromatic N) is 5. The van der Waals surface area contributed by atoms with Crippen molar-refractivity contribution < 1.29 is 0 Å².